The van der Waals surface area contributed by atoms with Crippen molar-refractivity contribution in [2.75, 3.05) is 6.54 Å². The molecule has 1 aliphatic rings. The molecule has 142 valence electrons. The average molecular weight is 382 g/mol. The molecule has 1 aliphatic heterocycles. The number of aliphatic hydroxyl groups excluding tert-OH is 1. The number of amides is 1. The van der Waals surface area contributed by atoms with Crippen molar-refractivity contribution < 1.29 is 24.4 Å². The van der Waals surface area contributed by atoms with E-state index in [9.17, 15) is 24.8 Å². The molecule has 8 nitrogen and oxygen atoms in total. The van der Waals surface area contributed by atoms with Crippen LogP contribution in [0.25, 0.3) is 0 Å². The van der Waals surface area contributed by atoms with E-state index in [1.807, 2.05) is 6.92 Å². The van der Waals surface area contributed by atoms with Crippen LogP contribution in [0.4, 0.5) is 10.5 Å². The van der Waals surface area contributed by atoms with Crippen LogP contribution in [0.3, 0.4) is 0 Å². The summed E-state index contributed by atoms with van der Waals surface area (Å²) in [6.45, 7) is 3.62. The van der Waals surface area contributed by atoms with Crippen LogP contribution < -0.4 is 0 Å². The fraction of sp³-hybridized carbons (Fsp3) is 0.529. The highest BCUT2D eigenvalue weighted by atomic mass is 32.2. The van der Waals surface area contributed by atoms with Crippen molar-refractivity contribution in [2.24, 2.45) is 0 Å². The summed E-state index contributed by atoms with van der Waals surface area (Å²) >= 11 is 1.17. The van der Waals surface area contributed by atoms with Gasteiger partial charge in [0.25, 0.3) is 5.69 Å². The maximum Gasteiger partial charge on any atom is 0.410 e. The molecule has 0 saturated carbocycles. The Labute approximate surface area is 155 Å². The number of likely N-dealkylation sites (tertiary alicyclic amines) is 1. The Balaban J connectivity index is 1.98. The molecule has 1 aromatic carbocycles. The number of carbonyl (C=O) groups excluding carboxylic acids is 2. The molecular formula is C17H22N2O6S. The molecule has 1 amide bonds. The molecule has 2 rings (SSSR count). The molecule has 1 aromatic rings. The summed E-state index contributed by atoms with van der Waals surface area (Å²) in [6, 6.07) is 5.37. The Morgan fingerprint density at radius 3 is 2.62 bits per heavy atom. The van der Waals surface area contributed by atoms with Crippen LogP contribution in [0.15, 0.2) is 24.3 Å². The largest absolute Gasteiger partial charge is 0.445 e. The van der Waals surface area contributed by atoms with Gasteiger partial charge >= 0.3 is 6.09 Å². The summed E-state index contributed by atoms with van der Waals surface area (Å²) in [6.07, 6.45) is -0.216. The fourth-order valence-corrected chi connectivity index (χ4v) is 3.93. The van der Waals surface area contributed by atoms with E-state index in [1.165, 1.54) is 47.9 Å². The van der Waals surface area contributed by atoms with Crippen LogP contribution in [0.1, 0.15) is 32.3 Å². The number of carbonyl (C=O) groups is 2. The molecule has 0 spiro atoms. The van der Waals surface area contributed by atoms with Crippen molar-refractivity contribution in [2.45, 2.75) is 50.7 Å². The smallest absolute Gasteiger partial charge is 0.410 e. The minimum Gasteiger partial charge on any atom is -0.445 e. The minimum absolute atomic E-state index is 0.0210. The molecule has 1 saturated heterocycles. The number of hydrogen-bond donors (Lipinski definition) is 1. The van der Waals surface area contributed by atoms with E-state index < -0.39 is 17.1 Å². The highest BCUT2D eigenvalue weighted by Gasteiger charge is 2.40. The molecule has 0 aliphatic carbocycles. The third-order valence-corrected chi connectivity index (χ3v) is 5.25. The van der Waals surface area contributed by atoms with Gasteiger partial charge in [0.15, 0.2) is 5.12 Å². The van der Waals surface area contributed by atoms with Crippen LogP contribution in [-0.4, -0.2) is 50.1 Å². The Bertz CT molecular complexity index is 666. The second kappa shape index (κ2) is 9.00. The zero-order chi connectivity index (χ0) is 19.3. The first-order valence-corrected chi connectivity index (χ1v) is 9.21. The summed E-state index contributed by atoms with van der Waals surface area (Å²) in [7, 11) is 0. The zero-order valence-electron chi connectivity index (χ0n) is 14.7. The maximum absolute atomic E-state index is 12.4. The van der Waals surface area contributed by atoms with Gasteiger partial charge in [0.1, 0.15) is 6.61 Å². The van der Waals surface area contributed by atoms with Crippen molar-refractivity contribution in [1.82, 2.24) is 4.90 Å². The quantitative estimate of drug-likeness (QED) is 0.595. The Kier molecular flexibility index (Phi) is 6.98. The number of benzene rings is 1. The lowest BCUT2D eigenvalue weighted by molar-refractivity contribution is -0.384. The van der Waals surface area contributed by atoms with Gasteiger partial charge in [-0.2, -0.15) is 0 Å². The van der Waals surface area contributed by atoms with Crippen LogP contribution >= 0.6 is 11.8 Å². The maximum atomic E-state index is 12.4. The van der Waals surface area contributed by atoms with Gasteiger partial charge in [-0.15, -0.1) is 0 Å². The predicted molar refractivity (Wildman–Crippen MR) is 96.8 cm³/mol. The van der Waals surface area contributed by atoms with E-state index in [-0.39, 0.29) is 28.7 Å². The van der Waals surface area contributed by atoms with E-state index >= 15 is 0 Å². The summed E-state index contributed by atoms with van der Waals surface area (Å²) in [5.74, 6) is 0. The van der Waals surface area contributed by atoms with Gasteiger partial charge in [0, 0.05) is 30.9 Å². The summed E-state index contributed by atoms with van der Waals surface area (Å²) in [5, 5.41) is 20.7. The van der Waals surface area contributed by atoms with Crippen LogP contribution in [0.2, 0.25) is 0 Å². The third kappa shape index (κ3) is 5.18. The topological polar surface area (TPSA) is 110 Å². The van der Waals surface area contributed by atoms with E-state index in [0.29, 0.717) is 24.9 Å². The highest BCUT2D eigenvalue weighted by molar-refractivity contribution is 8.14. The van der Waals surface area contributed by atoms with E-state index in [1.54, 1.807) is 0 Å². The molecule has 0 radical (unpaired) electrons. The summed E-state index contributed by atoms with van der Waals surface area (Å²) in [5.41, 5.74) is 0.597. The van der Waals surface area contributed by atoms with Crippen molar-refractivity contribution in [3.05, 3.63) is 39.9 Å². The number of non-ortho nitro benzene ring substituents is 1. The third-order valence-electron chi connectivity index (χ3n) is 4.24. The molecule has 1 heterocycles. The SMILES string of the molecule is CCC(O)C1CC(SC(C)=O)CN1C(=O)OCc1ccc([N+](=O)[O-])cc1. The molecule has 0 aromatic heterocycles. The summed E-state index contributed by atoms with van der Waals surface area (Å²) in [4.78, 5) is 35.4. The van der Waals surface area contributed by atoms with E-state index in [2.05, 4.69) is 0 Å². The van der Waals surface area contributed by atoms with Gasteiger partial charge < -0.3 is 14.7 Å². The molecule has 26 heavy (non-hydrogen) atoms. The van der Waals surface area contributed by atoms with Crippen molar-refractivity contribution in [3.8, 4) is 0 Å². The molecule has 3 atom stereocenters. The van der Waals surface area contributed by atoms with Gasteiger partial charge in [-0.1, -0.05) is 18.7 Å². The van der Waals surface area contributed by atoms with E-state index in [4.69, 9.17) is 4.74 Å². The standard InChI is InChI=1S/C17H22N2O6S/c1-3-16(21)15-8-14(26-11(2)20)9-18(15)17(22)25-10-12-4-6-13(7-5-12)19(23)24/h4-7,14-16,21H,3,8-10H2,1-2H3. The van der Waals surface area contributed by atoms with Gasteiger partial charge in [-0.3, -0.25) is 14.9 Å². The molecule has 3 unspecified atom stereocenters. The molecule has 0 bridgehead atoms. The molecule has 1 N–H and O–H groups in total. The number of ether oxygens (including phenoxy) is 1. The number of nitrogens with zero attached hydrogens (tertiary/aromatic N) is 2. The fourth-order valence-electron chi connectivity index (χ4n) is 2.93. The zero-order valence-corrected chi connectivity index (χ0v) is 15.5. The lowest BCUT2D eigenvalue weighted by Crippen LogP contribution is -2.42. The Hall–Kier alpha value is -2.13. The van der Waals surface area contributed by atoms with E-state index in [0.717, 1.165) is 0 Å². The van der Waals surface area contributed by atoms with Gasteiger partial charge in [-0.25, -0.2) is 4.79 Å². The number of nitro benzene ring substituents is 1. The number of rotatable bonds is 6. The van der Waals surface area contributed by atoms with Crippen LogP contribution in [0.5, 0.6) is 0 Å². The number of thioether (sulfide) groups is 1. The lowest BCUT2D eigenvalue weighted by atomic mass is 10.1. The van der Waals surface area contributed by atoms with Crippen LogP contribution in [-0.2, 0) is 16.1 Å². The normalized spacial score (nSPS) is 20.7. The van der Waals surface area contributed by atoms with Crippen LogP contribution in [0, 0.1) is 10.1 Å². The Morgan fingerprint density at radius 1 is 1.42 bits per heavy atom. The Morgan fingerprint density at radius 2 is 2.08 bits per heavy atom. The number of nitro groups is 1. The summed E-state index contributed by atoms with van der Waals surface area (Å²) < 4.78 is 5.30. The van der Waals surface area contributed by atoms with Gasteiger partial charge in [0.2, 0.25) is 0 Å². The molecule has 1 fully saturated rings. The first-order valence-electron chi connectivity index (χ1n) is 8.33. The number of hydrogen-bond acceptors (Lipinski definition) is 7. The van der Waals surface area contributed by atoms with Crippen molar-refractivity contribution in [1.29, 1.82) is 0 Å². The number of aliphatic hydroxyl groups is 1. The van der Waals surface area contributed by atoms with Crippen molar-refractivity contribution >= 4 is 28.7 Å². The van der Waals surface area contributed by atoms with Crippen molar-refractivity contribution in [3.63, 3.8) is 0 Å². The average Bonchev–Trinajstić information content (AvgIpc) is 3.02. The van der Waals surface area contributed by atoms with Gasteiger partial charge in [-0.05, 0) is 30.5 Å². The first-order chi connectivity index (χ1) is 12.3. The lowest BCUT2D eigenvalue weighted by Gasteiger charge is -2.27. The second-order valence-corrected chi connectivity index (χ2v) is 7.62. The second-order valence-electron chi connectivity index (χ2n) is 6.14. The van der Waals surface area contributed by atoms with Gasteiger partial charge in [0.05, 0.1) is 17.1 Å². The highest BCUT2D eigenvalue weighted by Crippen LogP contribution is 2.31. The molecular weight excluding hydrogens is 360 g/mol. The monoisotopic (exact) mass is 382 g/mol. The first kappa shape index (κ1) is 20.2. The molecule has 9 heteroatoms. The predicted octanol–water partition coefficient (Wildman–Crippen LogP) is 2.72. The minimum atomic E-state index is -0.681.